The van der Waals surface area contributed by atoms with Crippen molar-refractivity contribution in [3.05, 3.63) is 240 Å². The second-order valence-corrected chi connectivity index (χ2v) is 14.1. The summed E-state index contributed by atoms with van der Waals surface area (Å²) in [6.45, 7) is 4.23. The van der Waals surface area contributed by atoms with E-state index in [-0.39, 0.29) is 0 Å². The number of para-hydroxylation sites is 2. The Labute approximate surface area is 331 Å². The van der Waals surface area contributed by atoms with Crippen molar-refractivity contribution in [1.82, 2.24) is 0 Å². The highest BCUT2D eigenvalue weighted by molar-refractivity contribution is 5.82. The van der Waals surface area contributed by atoms with Gasteiger partial charge in [-0.1, -0.05) is 169 Å². The van der Waals surface area contributed by atoms with E-state index in [9.17, 15) is 0 Å². The molecule has 0 bridgehead atoms. The first-order chi connectivity index (χ1) is 27.6. The van der Waals surface area contributed by atoms with Crippen molar-refractivity contribution in [2.45, 2.75) is 13.8 Å². The zero-order chi connectivity index (χ0) is 38.1. The van der Waals surface area contributed by atoms with Crippen LogP contribution in [0.3, 0.4) is 0 Å². The zero-order valence-corrected chi connectivity index (χ0v) is 31.8. The molecular formula is C54H44N2. The molecule has 0 aliphatic heterocycles. The van der Waals surface area contributed by atoms with Crippen LogP contribution in [0.2, 0.25) is 0 Å². The molecule has 8 aromatic rings. The Kier molecular flexibility index (Phi) is 10.8. The van der Waals surface area contributed by atoms with Crippen molar-refractivity contribution < 1.29 is 0 Å². The maximum atomic E-state index is 2.31. The first-order valence-corrected chi connectivity index (χ1v) is 19.2. The second kappa shape index (κ2) is 16.9. The van der Waals surface area contributed by atoms with Crippen molar-refractivity contribution in [1.29, 1.82) is 0 Å². The average Bonchev–Trinajstić information content (AvgIpc) is 3.26. The Balaban J connectivity index is 1.02. The predicted molar refractivity (Wildman–Crippen MR) is 241 cm³/mol. The summed E-state index contributed by atoms with van der Waals surface area (Å²) in [5.74, 6) is 0. The third-order valence-electron chi connectivity index (χ3n) is 10.0. The van der Waals surface area contributed by atoms with Crippen LogP contribution in [0.4, 0.5) is 34.1 Å². The molecule has 8 aromatic carbocycles. The lowest BCUT2D eigenvalue weighted by Crippen LogP contribution is -2.10. The molecule has 0 saturated heterocycles. The fraction of sp³-hybridized carbons (Fsp3) is 0.0370. The number of anilines is 6. The SMILES string of the molecule is Cc1ccc(/C=C/c2ccc(N(c3ccccc3)c3ccc(-c4ccc(N(c5ccccc5)c5ccc(/C=C/c6ccc(C)cc6)cc5)cc4)cc3)cc2)cc1. The topological polar surface area (TPSA) is 6.48 Å². The lowest BCUT2D eigenvalue weighted by atomic mass is 10.0. The molecule has 0 amide bonds. The molecule has 2 heteroatoms. The quantitative estimate of drug-likeness (QED) is 0.123. The normalized spacial score (nSPS) is 11.2. The van der Waals surface area contributed by atoms with E-state index in [0.717, 1.165) is 45.3 Å². The summed E-state index contributed by atoms with van der Waals surface area (Å²) in [4.78, 5) is 4.61. The molecule has 0 fully saturated rings. The Bertz CT molecular complexity index is 2330. The summed E-state index contributed by atoms with van der Waals surface area (Å²) in [5, 5.41) is 0. The van der Waals surface area contributed by atoms with Gasteiger partial charge < -0.3 is 9.80 Å². The third-order valence-corrected chi connectivity index (χ3v) is 10.0. The van der Waals surface area contributed by atoms with E-state index >= 15 is 0 Å². The lowest BCUT2D eigenvalue weighted by molar-refractivity contribution is 1.28. The maximum absolute atomic E-state index is 2.31. The molecule has 0 radical (unpaired) electrons. The van der Waals surface area contributed by atoms with Gasteiger partial charge in [-0.25, -0.2) is 0 Å². The van der Waals surface area contributed by atoms with Crippen LogP contribution < -0.4 is 9.80 Å². The van der Waals surface area contributed by atoms with Crippen LogP contribution in [-0.2, 0) is 0 Å². The molecule has 0 heterocycles. The number of aryl methyl sites for hydroxylation is 2. The van der Waals surface area contributed by atoms with E-state index in [2.05, 4.69) is 254 Å². The Morgan fingerprint density at radius 1 is 0.250 bits per heavy atom. The van der Waals surface area contributed by atoms with E-state index in [1.165, 1.54) is 33.4 Å². The summed E-state index contributed by atoms with van der Waals surface area (Å²) in [6, 6.07) is 73.6. The highest BCUT2D eigenvalue weighted by Crippen LogP contribution is 2.38. The minimum Gasteiger partial charge on any atom is -0.311 e. The van der Waals surface area contributed by atoms with Crippen LogP contribution >= 0.6 is 0 Å². The van der Waals surface area contributed by atoms with Crippen LogP contribution in [0.1, 0.15) is 33.4 Å². The highest BCUT2D eigenvalue weighted by Gasteiger charge is 2.14. The average molecular weight is 721 g/mol. The molecule has 0 saturated carbocycles. The van der Waals surface area contributed by atoms with Gasteiger partial charge in [0, 0.05) is 34.1 Å². The molecule has 2 nitrogen and oxygen atoms in total. The monoisotopic (exact) mass is 720 g/mol. The van der Waals surface area contributed by atoms with Crippen LogP contribution in [-0.4, -0.2) is 0 Å². The van der Waals surface area contributed by atoms with Gasteiger partial charge in [0.15, 0.2) is 0 Å². The molecule has 0 atom stereocenters. The van der Waals surface area contributed by atoms with Gasteiger partial charge in [0.25, 0.3) is 0 Å². The first-order valence-electron chi connectivity index (χ1n) is 19.2. The van der Waals surface area contributed by atoms with E-state index in [1.807, 2.05) is 0 Å². The number of hydrogen-bond acceptors (Lipinski definition) is 2. The molecule has 0 unspecified atom stereocenters. The van der Waals surface area contributed by atoms with E-state index in [0.29, 0.717) is 0 Å². The van der Waals surface area contributed by atoms with Crippen LogP contribution in [0, 0.1) is 13.8 Å². The van der Waals surface area contributed by atoms with Gasteiger partial charge in [-0.3, -0.25) is 0 Å². The standard InChI is InChI=1S/C54H44N2/c1-41-13-17-43(18-14-41)21-23-45-25-33-51(34-26-45)55(49-9-5-3-6-10-49)53-37-29-47(30-38-53)48-31-39-54(40-32-48)56(50-11-7-4-8-12-50)52-35-27-46(28-36-52)24-22-44-19-15-42(2)16-20-44/h3-40H,1-2H3/b23-21+,24-22+. The Hall–Kier alpha value is -7.16. The number of nitrogens with zero attached hydrogens (tertiary/aromatic N) is 2. The van der Waals surface area contributed by atoms with Gasteiger partial charge in [-0.2, -0.15) is 0 Å². The molecule has 0 aromatic heterocycles. The zero-order valence-electron chi connectivity index (χ0n) is 31.8. The molecular weight excluding hydrogens is 677 g/mol. The lowest BCUT2D eigenvalue weighted by Gasteiger charge is -2.26. The Morgan fingerprint density at radius 2 is 0.482 bits per heavy atom. The van der Waals surface area contributed by atoms with E-state index in [4.69, 9.17) is 0 Å². The largest absolute Gasteiger partial charge is 0.311 e. The van der Waals surface area contributed by atoms with E-state index in [1.54, 1.807) is 0 Å². The van der Waals surface area contributed by atoms with Gasteiger partial charge in [0.1, 0.15) is 0 Å². The number of benzene rings is 8. The van der Waals surface area contributed by atoms with Gasteiger partial charge in [0.05, 0.1) is 0 Å². The van der Waals surface area contributed by atoms with Gasteiger partial charge in [0.2, 0.25) is 0 Å². The second-order valence-electron chi connectivity index (χ2n) is 14.1. The smallest absolute Gasteiger partial charge is 0.0462 e. The third kappa shape index (κ3) is 8.62. The van der Waals surface area contributed by atoms with Gasteiger partial charge in [-0.05, 0) is 120 Å². The fourth-order valence-electron chi connectivity index (χ4n) is 6.86. The maximum Gasteiger partial charge on any atom is 0.0462 e. The van der Waals surface area contributed by atoms with Crippen molar-refractivity contribution in [2.75, 3.05) is 9.80 Å². The molecule has 56 heavy (non-hydrogen) atoms. The fourth-order valence-corrected chi connectivity index (χ4v) is 6.86. The summed E-state index contributed by atoms with van der Waals surface area (Å²) in [5.41, 5.74) is 16.2. The summed E-state index contributed by atoms with van der Waals surface area (Å²) >= 11 is 0. The van der Waals surface area contributed by atoms with Crippen molar-refractivity contribution in [3.63, 3.8) is 0 Å². The molecule has 0 N–H and O–H groups in total. The molecule has 8 rings (SSSR count). The van der Waals surface area contributed by atoms with E-state index < -0.39 is 0 Å². The molecule has 270 valence electrons. The minimum absolute atomic E-state index is 1.10. The van der Waals surface area contributed by atoms with Gasteiger partial charge >= 0.3 is 0 Å². The summed E-state index contributed by atoms with van der Waals surface area (Å²) in [7, 11) is 0. The molecule has 0 aliphatic carbocycles. The van der Waals surface area contributed by atoms with Gasteiger partial charge in [-0.15, -0.1) is 0 Å². The minimum atomic E-state index is 1.10. The Morgan fingerprint density at radius 3 is 0.768 bits per heavy atom. The predicted octanol–water partition coefficient (Wildman–Crippen LogP) is 15.3. The van der Waals surface area contributed by atoms with Crippen molar-refractivity contribution >= 4 is 58.4 Å². The van der Waals surface area contributed by atoms with Crippen LogP contribution in [0.5, 0.6) is 0 Å². The highest BCUT2D eigenvalue weighted by atomic mass is 15.1. The van der Waals surface area contributed by atoms with Crippen molar-refractivity contribution in [3.8, 4) is 11.1 Å². The number of rotatable bonds is 11. The van der Waals surface area contributed by atoms with Crippen LogP contribution in [0.25, 0.3) is 35.4 Å². The molecule has 0 spiro atoms. The number of hydrogen-bond donors (Lipinski definition) is 0. The van der Waals surface area contributed by atoms with Crippen molar-refractivity contribution in [2.24, 2.45) is 0 Å². The summed E-state index contributed by atoms with van der Waals surface area (Å²) in [6.07, 6.45) is 8.67. The molecule has 0 aliphatic rings. The first kappa shape index (κ1) is 35.8. The summed E-state index contributed by atoms with van der Waals surface area (Å²) < 4.78 is 0. The van der Waals surface area contributed by atoms with Crippen LogP contribution in [0.15, 0.2) is 206 Å².